The van der Waals surface area contributed by atoms with E-state index in [2.05, 4.69) is 10.3 Å². The number of nitrogens with two attached hydrogens (primary N) is 1. The highest BCUT2D eigenvalue weighted by Gasteiger charge is 2.20. The van der Waals surface area contributed by atoms with Crippen LogP contribution in [0.2, 0.25) is 0 Å². The number of nitrogen functional groups attached to an aromatic ring is 1. The highest BCUT2D eigenvalue weighted by molar-refractivity contribution is 5.38. The third kappa shape index (κ3) is 2.15. The van der Waals surface area contributed by atoms with Crippen molar-refractivity contribution in [3.63, 3.8) is 0 Å². The molecular weight excluding hydrogens is 169 g/mol. The van der Waals surface area contributed by atoms with Crippen LogP contribution < -0.4 is 11.1 Å². The lowest BCUT2D eigenvalue weighted by Crippen LogP contribution is -2.16. The summed E-state index contributed by atoms with van der Waals surface area (Å²) in [5, 5.41) is 3.25. The lowest BCUT2D eigenvalue weighted by molar-refractivity contribution is 0.613. The highest BCUT2D eigenvalue weighted by Crippen LogP contribution is 2.20. The Morgan fingerprint density at radius 3 is 3.08 bits per heavy atom. The van der Waals surface area contributed by atoms with E-state index in [0.29, 0.717) is 18.4 Å². The first-order chi connectivity index (χ1) is 6.25. The molecule has 1 aromatic heterocycles. The zero-order valence-corrected chi connectivity index (χ0v) is 7.26. The molecule has 0 aliphatic heterocycles. The van der Waals surface area contributed by atoms with Crippen LogP contribution in [0.25, 0.3) is 0 Å². The molecule has 1 aromatic rings. The second kappa shape index (κ2) is 3.30. The van der Waals surface area contributed by atoms with Crippen LogP contribution in [-0.2, 0) is 6.54 Å². The van der Waals surface area contributed by atoms with Gasteiger partial charge in [-0.05, 0) is 18.9 Å². The van der Waals surface area contributed by atoms with Crippen LogP contribution in [0.5, 0.6) is 0 Å². The van der Waals surface area contributed by atoms with Gasteiger partial charge in [-0.15, -0.1) is 0 Å². The lowest BCUT2D eigenvalue weighted by atomic mass is 10.2. The first-order valence-corrected chi connectivity index (χ1v) is 4.39. The Bertz CT molecular complexity index is 310. The number of nitrogens with zero attached hydrogens (tertiary/aromatic N) is 1. The van der Waals surface area contributed by atoms with E-state index in [9.17, 15) is 4.39 Å². The Labute approximate surface area is 76.2 Å². The van der Waals surface area contributed by atoms with Gasteiger partial charge >= 0.3 is 0 Å². The van der Waals surface area contributed by atoms with Crippen molar-refractivity contribution in [1.29, 1.82) is 0 Å². The van der Waals surface area contributed by atoms with Gasteiger partial charge < -0.3 is 11.1 Å². The van der Waals surface area contributed by atoms with Crippen molar-refractivity contribution in [3.05, 3.63) is 23.6 Å². The molecule has 0 radical (unpaired) electrons. The summed E-state index contributed by atoms with van der Waals surface area (Å²) in [6.07, 6.45) is 3.56. The maximum absolute atomic E-state index is 12.7. The molecule has 4 heteroatoms. The number of anilines is 1. The summed E-state index contributed by atoms with van der Waals surface area (Å²) in [7, 11) is 0. The molecule has 0 spiro atoms. The molecule has 0 unspecified atom stereocenters. The molecule has 0 aromatic carbocycles. The topological polar surface area (TPSA) is 50.9 Å². The van der Waals surface area contributed by atoms with Gasteiger partial charge in [0.05, 0.1) is 6.20 Å². The van der Waals surface area contributed by atoms with E-state index < -0.39 is 0 Å². The van der Waals surface area contributed by atoms with Crippen molar-refractivity contribution in [1.82, 2.24) is 10.3 Å². The Balaban J connectivity index is 2.03. The molecule has 13 heavy (non-hydrogen) atoms. The second-order valence-electron chi connectivity index (χ2n) is 3.35. The second-order valence-corrected chi connectivity index (χ2v) is 3.35. The molecule has 3 N–H and O–H groups in total. The third-order valence-corrected chi connectivity index (χ3v) is 2.13. The predicted molar refractivity (Wildman–Crippen MR) is 48.5 cm³/mol. The van der Waals surface area contributed by atoms with Gasteiger partial charge in [-0.2, -0.15) is 0 Å². The van der Waals surface area contributed by atoms with Gasteiger partial charge in [-0.3, -0.25) is 0 Å². The molecule has 2 rings (SSSR count). The number of hydrogen-bond acceptors (Lipinski definition) is 3. The Morgan fingerprint density at radius 1 is 1.62 bits per heavy atom. The molecule has 0 saturated heterocycles. The van der Waals surface area contributed by atoms with E-state index in [0.717, 1.165) is 11.8 Å². The molecule has 1 aliphatic carbocycles. The van der Waals surface area contributed by atoms with Crippen molar-refractivity contribution in [2.45, 2.75) is 25.4 Å². The van der Waals surface area contributed by atoms with E-state index in [-0.39, 0.29) is 5.82 Å². The first-order valence-electron chi connectivity index (χ1n) is 4.39. The molecule has 70 valence electrons. The van der Waals surface area contributed by atoms with Crippen molar-refractivity contribution < 1.29 is 4.39 Å². The van der Waals surface area contributed by atoms with Crippen LogP contribution in [0.3, 0.4) is 0 Å². The van der Waals surface area contributed by atoms with Crippen molar-refractivity contribution in [2.24, 2.45) is 0 Å². The number of aromatic nitrogens is 1. The van der Waals surface area contributed by atoms with Crippen molar-refractivity contribution in [3.8, 4) is 0 Å². The van der Waals surface area contributed by atoms with Gasteiger partial charge in [-0.25, -0.2) is 9.37 Å². The Kier molecular flexibility index (Phi) is 2.14. The minimum Gasteiger partial charge on any atom is -0.383 e. The number of nitrogens with one attached hydrogen (secondary N) is 1. The first kappa shape index (κ1) is 8.44. The summed E-state index contributed by atoms with van der Waals surface area (Å²) in [6.45, 7) is 0.612. The van der Waals surface area contributed by atoms with Crippen molar-refractivity contribution >= 4 is 5.82 Å². The summed E-state index contributed by atoms with van der Waals surface area (Å²) in [4.78, 5) is 3.74. The van der Waals surface area contributed by atoms with Gasteiger partial charge in [0.25, 0.3) is 0 Å². The fraction of sp³-hybridized carbons (Fsp3) is 0.444. The maximum Gasteiger partial charge on any atom is 0.141 e. The number of pyridine rings is 1. The Hall–Kier alpha value is -1.16. The van der Waals surface area contributed by atoms with E-state index in [1.807, 2.05) is 0 Å². The van der Waals surface area contributed by atoms with Crippen LogP contribution in [0, 0.1) is 5.82 Å². The SMILES string of the molecule is Nc1ncc(F)cc1CNC1CC1. The van der Waals surface area contributed by atoms with Crippen LogP contribution >= 0.6 is 0 Å². The summed E-state index contributed by atoms with van der Waals surface area (Å²) in [5.74, 6) is 0.0800. The normalized spacial score (nSPS) is 16.1. The molecule has 0 atom stereocenters. The standard InChI is InChI=1S/C9H12FN3/c10-7-3-6(9(11)13-5-7)4-12-8-1-2-8/h3,5,8,12H,1-2,4H2,(H2,11,13). The van der Waals surface area contributed by atoms with Crippen LogP contribution in [0.15, 0.2) is 12.3 Å². The third-order valence-electron chi connectivity index (χ3n) is 2.13. The molecule has 1 saturated carbocycles. The zero-order chi connectivity index (χ0) is 9.26. The van der Waals surface area contributed by atoms with Gasteiger partial charge in [0, 0.05) is 18.2 Å². The van der Waals surface area contributed by atoms with Gasteiger partial charge in [0.1, 0.15) is 11.6 Å². The van der Waals surface area contributed by atoms with Gasteiger partial charge in [0.15, 0.2) is 0 Å². The molecule has 3 nitrogen and oxygen atoms in total. The van der Waals surface area contributed by atoms with Crippen LogP contribution in [0.1, 0.15) is 18.4 Å². The largest absolute Gasteiger partial charge is 0.383 e. The molecule has 1 heterocycles. The minimum atomic E-state index is -0.332. The average Bonchev–Trinajstić information content (AvgIpc) is 2.90. The highest BCUT2D eigenvalue weighted by atomic mass is 19.1. The van der Waals surface area contributed by atoms with E-state index in [1.54, 1.807) is 0 Å². The van der Waals surface area contributed by atoms with Gasteiger partial charge in [0.2, 0.25) is 0 Å². The molecule has 1 fully saturated rings. The van der Waals surface area contributed by atoms with Crippen LogP contribution in [-0.4, -0.2) is 11.0 Å². The number of hydrogen-bond donors (Lipinski definition) is 2. The summed E-state index contributed by atoms with van der Waals surface area (Å²) >= 11 is 0. The fourth-order valence-electron chi connectivity index (χ4n) is 1.18. The van der Waals surface area contributed by atoms with E-state index in [1.165, 1.54) is 18.9 Å². The number of halogens is 1. The summed E-state index contributed by atoms with van der Waals surface area (Å²) in [5.41, 5.74) is 6.32. The lowest BCUT2D eigenvalue weighted by Gasteiger charge is -2.05. The number of rotatable bonds is 3. The molecular formula is C9H12FN3. The minimum absolute atomic E-state index is 0.332. The smallest absolute Gasteiger partial charge is 0.141 e. The maximum atomic E-state index is 12.7. The van der Waals surface area contributed by atoms with E-state index >= 15 is 0 Å². The monoisotopic (exact) mass is 181 g/mol. The fourth-order valence-corrected chi connectivity index (χ4v) is 1.18. The molecule has 0 amide bonds. The summed E-state index contributed by atoms with van der Waals surface area (Å²) < 4.78 is 12.7. The Morgan fingerprint density at radius 2 is 2.38 bits per heavy atom. The average molecular weight is 181 g/mol. The van der Waals surface area contributed by atoms with Gasteiger partial charge in [-0.1, -0.05) is 0 Å². The molecule has 1 aliphatic rings. The zero-order valence-electron chi connectivity index (χ0n) is 7.26. The predicted octanol–water partition coefficient (Wildman–Crippen LogP) is 1.05. The van der Waals surface area contributed by atoms with E-state index in [4.69, 9.17) is 5.73 Å². The summed E-state index contributed by atoms with van der Waals surface area (Å²) in [6, 6.07) is 2.03. The van der Waals surface area contributed by atoms with Crippen molar-refractivity contribution in [2.75, 3.05) is 5.73 Å². The quantitative estimate of drug-likeness (QED) is 0.733. The molecule has 0 bridgehead atoms. The van der Waals surface area contributed by atoms with Crippen LogP contribution in [0.4, 0.5) is 10.2 Å².